The van der Waals surface area contributed by atoms with Gasteiger partial charge in [-0.25, -0.2) is 4.79 Å². The molecule has 2 unspecified atom stereocenters. The van der Waals surface area contributed by atoms with Crippen molar-refractivity contribution in [2.75, 3.05) is 24.3 Å². The molecular formula is C18H20N4O6. The maximum atomic E-state index is 12.2. The van der Waals surface area contributed by atoms with Crippen molar-refractivity contribution in [2.24, 2.45) is 5.73 Å². The number of nitrogen functional groups attached to an aromatic ring is 1. The Balaban J connectivity index is 1.97. The summed E-state index contributed by atoms with van der Waals surface area (Å²) in [7, 11) is 1.43. The van der Waals surface area contributed by atoms with Gasteiger partial charge >= 0.3 is 6.09 Å². The summed E-state index contributed by atoms with van der Waals surface area (Å²) in [5.74, 6) is -0.687. The average molecular weight is 388 g/mol. The third-order valence-corrected chi connectivity index (χ3v) is 5.77. The number of carbonyl (C=O) groups excluding carboxylic acids is 2. The summed E-state index contributed by atoms with van der Waals surface area (Å²) in [6.45, 7) is 5.41. The molecule has 2 amide bonds. The van der Waals surface area contributed by atoms with Crippen LogP contribution in [0.25, 0.3) is 5.57 Å². The number of nitrogens with zero attached hydrogens (tertiary/aromatic N) is 2. The molecule has 2 fully saturated rings. The van der Waals surface area contributed by atoms with Crippen molar-refractivity contribution in [1.82, 2.24) is 4.90 Å². The molecule has 0 aromatic heterocycles. The molecule has 0 radical (unpaired) electrons. The minimum atomic E-state index is -1.30. The number of phenolic OH excluding ortho intramolecular Hbond substituents is 2. The molecule has 6 N–H and O–H groups in total. The fraction of sp³-hybridized carbons (Fsp3) is 0.333. The van der Waals surface area contributed by atoms with Gasteiger partial charge in [0.1, 0.15) is 23.8 Å². The van der Waals surface area contributed by atoms with Crippen LogP contribution in [0.5, 0.6) is 11.5 Å². The van der Waals surface area contributed by atoms with Crippen LogP contribution in [-0.2, 0) is 14.3 Å². The average Bonchev–Trinajstić information content (AvgIpc) is 3.17. The van der Waals surface area contributed by atoms with Gasteiger partial charge in [-0.15, -0.1) is 0 Å². The van der Waals surface area contributed by atoms with Crippen molar-refractivity contribution in [2.45, 2.75) is 24.7 Å². The normalized spacial score (nSPS) is 28.0. The van der Waals surface area contributed by atoms with E-state index in [9.17, 15) is 19.8 Å². The van der Waals surface area contributed by atoms with E-state index in [0.717, 1.165) is 6.26 Å². The molecule has 0 spiro atoms. The van der Waals surface area contributed by atoms with Crippen molar-refractivity contribution in [3.05, 3.63) is 30.0 Å². The van der Waals surface area contributed by atoms with E-state index in [0.29, 0.717) is 17.8 Å². The molecule has 10 heteroatoms. The SMILES string of the molecule is C=CC(=O)N1C2CN3c4c(O)c(C)c(N)c(O)c4C(=COC(N)=O)[C@@]3(OC)C21. The Kier molecular flexibility index (Phi) is 3.57. The van der Waals surface area contributed by atoms with Gasteiger partial charge in [0.05, 0.1) is 28.6 Å². The lowest BCUT2D eigenvalue weighted by Gasteiger charge is -2.37. The first-order valence-corrected chi connectivity index (χ1v) is 8.50. The summed E-state index contributed by atoms with van der Waals surface area (Å²) < 4.78 is 10.7. The van der Waals surface area contributed by atoms with Crippen LogP contribution in [0.2, 0.25) is 0 Å². The van der Waals surface area contributed by atoms with E-state index in [-0.39, 0.29) is 40.3 Å². The minimum absolute atomic E-state index is 0.0139. The predicted octanol–water partition coefficient (Wildman–Crippen LogP) is 0.366. The number of benzene rings is 1. The summed E-state index contributed by atoms with van der Waals surface area (Å²) >= 11 is 0. The molecule has 1 aromatic rings. The Bertz CT molecular complexity index is 974. The number of primary amides is 1. The number of nitrogens with two attached hydrogens (primary N) is 2. The first-order valence-electron chi connectivity index (χ1n) is 8.50. The lowest BCUT2D eigenvalue weighted by Crippen LogP contribution is -2.51. The van der Waals surface area contributed by atoms with Gasteiger partial charge in [0.25, 0.3) is 0 Å². The van der Waals surface area contributed by atoms with E-state index < -0.39 is 17.9 Å². The molecule has 2 saturated heterocycles. The van der Waals surface area contributed by atoms with Gasteiger partial charge < -0.3 is 41.0 Å². The number of fused-ring (bicyclic) bond motifs is 5. The van der Waals surface area contributed by atoms with Crippen LogP contribution in [0.3, 0.4) is 0 Å². The maximum Gasteiger partial charge on any atom is 0.409 e. The molecule has 10 nitrogen and oxygen atoms in total. The topological polar surface area (TPSA) is 151 Å². The second kappa shape index (κ2) is 5.55. The number of piperazine rings is 1. The van der Waals surface area contributed by atoms with E-state index in [4.69, 9.17) is 20.9 Å². The molecule has 3 heterocycles. The van der Waals surface area contributed by atoms with E-state index in [1.807, 2.05) is 0 Å². The smallest absolute Gasteiger partial charge is 0.409 e. The molecule has 1 aromatic carbocycles. The van der Waals surface area contributed by atoms with Gasteiger partial charge in [-0.2, -0.15) is 0 Å². The Morgan fingerprint density at radius 3 is 2.61 bits per heavy atom. The first kappa shape index (κ1) is 18.0. The molecule has 4 rings (SSSR count). The standard InChI is InChI=1S/C18H20N4O6/c1-4-10(23)22-9-5-21-13-11(15(25)12(19)7(2)14(13)24)8(6-28-17(20)26)18(21,27-3)16(9)22/h4,6,9,16,24-25H,1,5,19H2,2-3H3,(H2,20,26)/t9?,16?,18-,22?/m1/s1. The number of carbonyl (C=O) groups is 2. The maximum absolute atomic E-state index is 12.2. The number of ether oxygens (including phenoxy) is 2. The number of anilines is 2. The Morgan fingerprint density at radius 1 is 1.36 bits per heavy atom. The van der Waals surface area contributed by atoms with Gasteiger partial charge in [-0.05, 0) is 13.0 Å². The fourth-order valence-electron chi connectivity index (χ4n) is 4.51. The van der Waals surface area contributed by atoms with Crippen LogP contribution >= 0.6 is 0 Å². The quantitative estimate of drug-likeness (QED) is 0.145. The first-order chi connectivity index (χ1) is 13.2. The van der Waals surface area contributed by atoms with E-state index in [1.54, 1.807) is 16.7 Å². The number of phenols is 2. The largest absolute Gasteiger partial charge is 0.505 e. The molecule has 28 heavy (non-hydrogen) atoms. The molecule has 3 aliphatic rings. The number of rotatable bonds is 3. The van der Waals surface area contributed by atoms with Gasteiger partial charge in [-0.3, -0.25) is 4.79 Å². The monoisotopic (exact) mass is 388 g/mol. The lowest BCUT2D eigenvalue weighted by molar-refractivity contribution is -0.123. The summed E-state index contributed by atoms with van der Waals surface area (Å²) in [4.78, 5) is 26.8. The van der Waals surface area contributed by atoms with Crippen molar-refractivity contribution in [3.8, 4) is 11.5 Å². The number of amides is 2. The third kappa shape index (κ3) is 1.89. The predicted molar refractivity (Wildman–Crippen MR) is 99.3 cm³/mol. The van der Waals surface area contributed by atoms with Crippen molar-refractivity contribution >= 4 is 28.9 Å². The summed E-state index contributed by atoms with van der Waals surface area (Å²) in [6.07, 6.45) is 1.21. The number of hydrogen-bond acceptors (Lipinski definition) is 8. The molecule has 148 valence electrons. The van der Waals surface area contributed by atoms with Crippen LogP contribution in [0, 0.1) is 6.92 Å². The molecule has 0 bridgehead atoms. The van der Waals surface area contributed by atoms with Crippen LogP contribution in [0.4, 0.5) is 16.2 Å². The molecule has 0 aliphatic carbocycles. The fourth-order valence-corrected chi connectivity index (χ4v) is 4.51. The highest BCUT2D eigenvalue weighted by Crippen LogP contribution is 2.65. The number of methoxy groups -OCH3 is 1. The Labute approximate surface area is 160 Å². The highest BCUT2D eigenvalue weighted by atomic mass is 16.5. The zero-order valence-electron chi connectivity index (χ0n) is 15.3. The summed E-state index contributed by atoms with van der Waals surface area (Å²) in [6, 6.07) is -0.645. The third-order valence-electron chi connectivity index (χ3n) is 5.77. The van der Waals surface area contributed by atoms with Crippen molar-refractivity contribution in [3.63, 3.8) is 0 Å². The second-order valence-corrected chi connectivity index (χ2v) is 6.90. The van der Waals surface area contributed by atoms with Crippen LogP contribution in [0.1, 0.15) is 11.1 Å². The van der Waals surface area contributed by atoms with Crippen molar-refractivity contribution < 1.29 is 29.3 Å². The van der Waals surface area contributed by atoms with Crippen LogP contribution < -0.4 is 16.4 Å². The van der Waals surface area contributed by atoms with Crippen LogP contribution in [0.15, 0.2) is 18.9 Å². The number of aromatic hydroxyl groups is 2. The minimum Gasteiger partial charge on any atom is -0.505 e. The second-order valence-electron chi connectivity index (χ2n) is 6.90. The van der Waals surface area contributed by atoms with E-state index in [1.165, 1.54) is 13.2 Å². The zero-order chi connectivity index (χ0) is 20.5. The summed E-state index contributed by atoms with van der Waals surface area (Å²) in [5, 5.41) is 21.5. The molecule has 0 saturated carbocycles. The molecule has 3 atom stereocenters. The van der Waals surface area contributed by atoms with E-state index >= 15 is 0 Å². The number of hydrogen-bond donors (Lipinski definition) is 4. The Hall–Kier alpha value is -3.40. The highest BCUT2D eigenvalue weighted by Gasteiger charge is 2.75. The van der Waals surface area contributed by atoms with Crippen LogP contribution in [-0.4, -0.2) is 58.6 Å². The van der Waals surface area contributed by atoms with Gasteiger partial charge in [0.2, 0.25) is 5.91 Å². The van der Waals surface area contributed by atoms with Gasteiger partial charge in [-0.1, -0.05) is 6.58 Å². The Morgan fingerprint density at radius 2 is 2.04 bits per heavy atom. The highest BCUT2D eigenvalue weighted by molar-refractivity contribution is 6.02. The molecular weight excluding hydrogens is 368 g/mol. The zero-order valence-corrected chi connectivity index (χ0v) is 15.3. The van der Waals surface area contributed by atoms with E-state index in [2.05, 4.69) is 6.58 Å². The molecule has 3 aliphatic heterocycles. The van der Waals surface area contributed by atoms with Gasteiger partial charge in [0.15, 0.2) is 5.72 Å². The summed E-state index contributed by atoms with van der Waals surface area (Å²) in [5.41, 5.74) is 10.7. The lowest BCUT2D eigenvalue weighted by atomic mass is 9.94. The van der Waals surface area contributed by atoms with Crippen molar-refractivity contribution in [1.29, 1.82) is 0 Å². The van der Waals surface area contributed by atoms with Gasteiger partial charge in [0, 0.05) is 19.2 Å².